The number of ether oxygens (including phenoxy) is 1. The minimum absolute atomic E-state index is 0.649. The highest BCUT2D eigenvalue weighted by atomic mass is 35.5. The molecule has 0 bridgehead atoms. The molecule has 0 aliphatic heterocycles. The molecule has 0 unspecified atom stereocenters. The van der Waals surface area contributed by atoms with Crippen LogP contribution in [-0.2, 0) is 0 Å². The third-order valence-corrected chi connectivity index (χ3v) is 1.52. The first-order valence-electron chi connectivity index (χ1n) is 3.39. The molecule has 0 heterocycles. The summed E-state index contributed by atoms with van der Waals surface area (Å²) in [6.07, 6.45) is 1.75. The number of hydrogen-bond acceptors (Lipinski definition) is 1. The zero-order valence-corrected chi connectivity index (χ0v) is 7.85. The Morgan fingerprint density at radius 1 is 1.25 bits per heavy atom. The lowest BCUT2D eigenvalue weighted by Gasteiger charge is -2.05. The van der Waals surface area contributed by atoms with Crippen molar-refractivity contribution < 1.29 is 4.74 Å². The Balaban J connectivity index is 2.71. The van der Waals surface area contributed by atoms with Gasteiger partial charge in [-0.25, -0.2) is 0 Å². The highest BCUT2D eigenvalue weighted by molar-refractivity contribution is 6.43. The Morgan fingerprint density at radius 2 is 1.83 bits per heavy atom. The Bertz CT molecular complexity index is 254. The van der Waals surface area contributed by atoms with E-state index in [4.69, 9.17) is 27.9 Å². The summed E-state index contributed by atoms with van der Waals surface area (Å²) in [4.78, 5) is 0. The average molecular weight is 203 g/mol. The van der Waals surface area contributed by atoms with Gasteiger partial charge in [0.15, 0.2) is 0 Å². The SMILES string of the molecule is C=Cc1ccc(OC(Cl)Cl)cc1. The molecular formula is C9H8Cl2O. The summed E-state index contributed by atoms with van der Waals surface area (Å²) in [6.45, 7) is 3.63. The molecule has 0 fully saturated rings. The van der Waals surface area contributed by atoms with Crippen LogP contribution in [0.1, 0.15) is 5.56 Å². The van der Waals surface area contributed by atoms with Crippen LogP contribution in [0.2, 0.25) is 0 Å². The van der Waals surface area contributed by atoms with Crippen LogP contribution in [0.5, 0.6) is 5.75 Å². The van der Waals surface area contributed by atoms with E-state index in [-0.39, 0.29) is 0 Å². The second-order valence-electron chi connectivity index (χ2n) is 2.15. The van der Waals surface area contributed by atoms with E-state index in [1.807, 2.05) is 12.1 Å². The van der Waals surface area contributed by atoms with Crippen molar-refractivity contribution in [3.05, 3.63) is 36.4 Å². The first kappa shape index (κ1) is 9.43. The fraction of sp³-hybridized carbons (Fsp3) is 0.111. The molecule has 1 rings (SSSR count). The molecule has 0 N–H and O–H groups in total. The van der Waals surface area contributed by atoms with Crippen LogP contribution in [0, 0.1) is 0 Å². The van der Waals surface area contributed by atoms with Crippen LogP contribution >= 0.6 is 23.2 Å². The van der Waals surface area contributed by atoms with E-state index < -0.39 is 5.02 Å². The van der Waals surface area contributed by atoms with Crippen LogP contribution in [-0.4, -0.2) is 5.02 Å². The summed E-state index contributed by atoms with van der Waals surface area (Å²) in [5.41, 5.74) is 1.03. The highest BCUT2D eigenvalue weighted by Crippen LogP contribution is 2.16. The number of benzene rings is 1. The van der Waals surface area contributed by atoms with Gasteiger partial charge in [0.05, 0.1) is 0 Å². The number of rotatable bonds is 3. The molecule has 12 heavy (non-hydrogen) atoms. The van der Waals surface area contributed by atoms with Gasteiger partial charge in [0.25, 0.3) is 0 Å². The van der Waals surface area contributed by atoms with Crippen LogP contribution < -0.4 is 4.74 Å². The molecular weight excluding hydrogens is 195 g/mol. The number of halogens is 2. The lowest BCUT2D eigenvalue weighted by atomic mass is 10.2. The van der Waals surface area contributed by atoms with Crippen molar-refractivity contribution in [1.29, 1.82) is 0 Å². The smallest absolute Gasteiger partial charge is 0.247 e. The molecule has 64 valence electrons. The molecule has 1 aromatic rings. The van der Waals surface area contributed by atoms with Crippen molar-refractivity contribution in [3.63, 3.8) is 0 Å². The van der Waals surface area contributed by atoms with Crippen molar-refractivity contribution in [1.82, 2.24) is 0 Å². The Morgan fingerprint density at radius 3 is 2.25 bits per heavy atom. The number of hydrogen-bond donors (Lipinski definition) is 0. The molecule has 0 aliphatic carbocycles. The van der Waals surface area contributed by atoms with Crippen molar-refractivity contribution in [2.45, 2.75) is 5.02 Å². The second-order valence-corrected chi connectivity index (χ2v) is 3.17. The van der Waals surface area contributed by atoms with Crippen molar-refractivity contribution >= 4 is 29.3 Å². The highest BCUT2D eigenvalue weighted by Gasteiger charge is 1.99. The van der Waals surface area contributed by atoms with Gasteiger partial charge >= 0.3 is 0 Å². The van der Waals surface area contributed by atoms with Gasteiger partial charge < -0.3 is 4.74 Å². The van der Waals surface area contributed by atoms with Gasteiger partial charge in [0.2, 0.25) is 5.02 Å². The van der Waals surface area contributed by atoms with Crippen molar-refractivity contribution in [2.24, 2.45) is 0 Å². The third-order valence-electron chi connectivity index (χ3n) is 1.34. The van der Waals surface area contributed by atoms with E-state index in [0.29, 0.717) is 5.75 Å². The lowest BCUT2D eigenvalue weighted by Crippen LogP contribution is -1.98. The third kappa shape index (κ3) is 2.76. The Hall–Kier alpha value is -0.660. The minimum atomic E-state index is -0.820. The fourth-order valence-electron chi connectivity index (χ4n) is 0.785. The fourth-order valence-corrected chi connectivity index (χ4v) is 0.991. The Labute approximate surface area is 81.6 Å². The van der Waals surface area contributed by atoms with E-state index >= 15 is 0 Å². The predicted molar refractivity (Wildman–Crippen MR) is 52.7 cm³/mol. The maximum absolute atomic E-state index is 5.41. The summed E-state index contributed by atoms with van der Waals surface area (Å²) < 4.78 is 5.01. The van der Waals surface area contributed by atoms with Gasteiger partial charge in [-0.2, -0.15) is 0 Å². The van der Waals surface area contributed by atoms with Crippen molar-refractivity contribution in [2.75, 3.05) is 0 Å². The van der Waals surface area contributed by atoms with Gasteiger partial charge in [-0.15, -0.1) is 0 Å². The lowest BCUT2D eigenvalue weighted by molar-refractivity contribution is 0.354. The molecule has 1 nitrogen and oxygen atoms in total. The van der Waals surface area contributed by atoms with Crippen molar-refractivity contribution in [3.8, 4) is 5.75 Å². The van der Waals surface area contributed by atoms with Crippen LogP contribution in [0.25, 0.3) is 6.08 Å². The molecule has 0 aromatic heterocycles. The molecule has 3 heteroatoms. The Kier molecular flexibility index (Phi) is 3.45. The van der Waals surface area contributed by atoms with E-state index in [9.17, 15) is 0 Å². The topological polar surface area (TPSA) is 9.23 Å². The molecule has 0 radical (unpaired) electrons. The summed E-state index contributed by atoms with van der Waals surface area (Å²) in [5, 5.41) is -0.820. The molecule has 0 spiro atoms. The normalized spacial score (nSPS) is 9.92. The van der Waals surface area contributed by atoms with Gasteiger partial charge in [-0.3, -0.25) is 0 Å². The largest absolute Gasteiger partial charge is 0.461 e. The summed E-state index contributed by atoms with van der Waals surface area (Å²) >= 11 is 10.8. The standard InChI is InChI=1S/C9H8Cl2O/c1-2-7-3-5-8(6-4-7)12-9(10)11/h2-6,9H,1H2. The van der Waals surface area contributed by atoms with Gasteiger partial charge in [-0.1, -0.05) is 48.0 Å². The first-order valence-corrected chi connectivity index (χ1v) is 4.27. The van der Waals surface area contributed by atoms with Gasteiger partial charge in [0, 0.05) is 0 Å². The number of alkyl halides is 2. The van der Waals surface area contributed by atoms with Gasteiger partial charge in [0.1, 0.15) is 5.75 Å². The molecule has 0 saturated carbocycles. The summed E-state index contributed by atoms with van der Waals surface area (Å²) in [6, 6.07) is 7.32. The average Bonchev–Trinajstić information content (AvgIpc) is 2.05. The van der Waals surface area contributed by atoms with E-state index in [1.54, 1.807) is 18.2 Å². The van der Waals surface area contributed by atoms with Crippen LogP contribution in [0.4, 0.5) is 0 Å². The summed E-state index contributed by atoms with van der Waals surface area (Å²) in [7, 11) is 0. The van der Waals surface area contributed by atoms with E-state index in [0.717, 1.165) is 5.56 Å². The van der Waals surface area contributed by atoms with E-state index in [2.05, 4.69) is 6.58 Å². The first-order chi connectivity index (χ1) is 5.72. The van der Waals surface area contributed by atoms with Crippen LogP contribution in [0.15, 0.2) is 30.8 Å². The molecule has 0 aliphatic rings. The summed E-state index contributed by atoms with van der Waals surface area (Å²) in [5.74, 6) is 0.649. The second kappa shape index (κ2) is 4.39. The van der Waals surface area contributed by atoms with E-state index in [1.165, 1.54) is 0 Å². The molecule has 1 aromatic carbocycles. The maximum atomic E-state index is 5.41. The molecule has 0 amide bonds. The molecule has 0 saturated heterocycles. The quantitative estimate of drug-likeness (QED) is 0.683. The minimum Gasteiger partial charge on any atom is -0.461 e. The van der Waals surface area contributed by atoms with Crippen LogP contribution in [0.3, 0.4) is 0 Å². The molecule has 0 atom stereocenters. The predicted octanol–water partition coefficient (Wildman–Crippen LogP) is 3.47. The zero-order valence-electron chi connectivity index (χ0n) is 6.34. The zero-order chi connectivity index (χ0) is 8.97. The monoisotopic (exact) mass is 202 g/mol. The van der Waals surface area contributed by atoms with Gasteiger partial charge in [-0.05, 0) is 17.7 Å². The maximum Gasteiger partial charge on any atom is 0.247 e.